The van der Waals surface area contributed by atoms with Crippen molar-refractivity contribution in [3.63, 3.8) is 0 Å². The Hall–Kier alpha value is -1.57. The summed E-state index contributed by atoms with van der Waals surface area (Å²) in [5, 5.41) is 0. The number of hydrogen-bond acceptors (Lipinski definition) is 4. The molecule has 0 N–H and O–H groups in total. The van der Waals surface area contributed by atoms with Crippen LogP contribution in [0.15, 0.2) is 24.4 Å². The average molecular weight is 327 g/mol. The van der Waals surface area contributed by atoms with E-state index in [0.717, 1.165) is 51.4 Å². The molecule has 2 fully saturated rings. The van der Waals surface area contributed by atoms with Gasteiger partial charge < -0.3 is 9.64 Å². The van der Waals surface area contributed by atoms with Gasteiger partial charge in [-0.1, -0.05) is 17.9 Å². The highest BCUT2D eigenvalue weighted by Gasteiger charge is 2.35. The summed E-state index contributed by atoms with van der Waals surface area (Å²) < 4.78 is 6.22. The maximum atomic E-state index is 6.22. The van der Waals surface area contributed by atoms with Crippen LogP contribution in [-0.4, -0.2) is 53.8 Å². The van der Waals surface area contributed by atoms with Crippen LogP contribution in [-0.2, 0) is 4.74 Å². The largest absolute Gasteiger partial charge is 0.357 e. The summed E-state index contributed by atoms with van der Waals surface area (Å²) in [7, 11) is 0. The van der Waals surface area contributed by atoms with Crippen LogP contribution in [0, 0.1) is 11.8 Å². The van der Waals surface area contributed by atoms with Gasteiger partial charge in [0.25, 0.3) is 0 Å². The fraction of sp³-hybridized carbons (Fsp3) is 0.650. The maximum absolute atomic E-state index is 6.22. The topological polar surface area (TPSA) is 28.6 Å². The third-order valence-corrected chi connectivity index (χ3v) is 4.94. The van der Waals surface area contributed by atoms with Crippen molar-refractivity contribution in [2.45, 2.75) is 51.2 Å². The lowest BCUT2D eigenvalue weighted by Gasteiger charge is -2.40. The van der Waals surface area contributed by atoms with Crippen LogP contribution in [0.3, 0.4) is 0 Å². The first kappa shape index (κ1) is 17.3. The highest BCUT2D eigenvalue weighted by Crippen LogP contribution is 2.34. The van der Waals surface area contributed by atoms with Gasteiger partial charge in [-0.05, 0) is 52.2 Å². The SMILES string of the molecule is CC1(C)CCCC(C)(C#CCN2CCN(c3ccccn3)CC2)O1. The Morgan fingerprint density at radius 3 is 2.58 bits per heavy atom. The molecular weight excluding hydrogens is 298 g/mol. The van der Waals surface area contributed by atoms with Gasteiger partial charge in [-0.15, -0.1) is 0 Å². The highest BCUT2D eigenvalue weighted by molar-refractivity contribution is 5.38. The number of pyridine rings is 1. The standard InChI is InChI=1S/C20H29N3O/c1-19(2)9-6-10-20(3,24-19)11-7-13-22-14-16-23(17-15-22)18-8-4-5-12-21-18/h4-5,8,12H,6,9-10,13-17H2,1-3H3. The molecule has 0 amide bonds. The molecule has 1 aromatic rings. The van der Waals surface area contributed by atoms with E-state index in [2.05, 4.69) is 53.5 Å². The molecule has 4 nitrogen and oxygen atoms in total. The number of aromatic nitrogens is 1. The molecule has 0 spiro atoms. The molecule has 1 unspecified atom stereocenters. The van der Waals surface area contributed by atoms with Crippen molar-refractivity contribution < 1.29 is 4.74 Å². The Balaban J connectivity index is 1.49. The number of nitrogens with zero attached hydrogens (tertiary/aromatic N) is 3. The fourth-order valence-corrected chi connectivity index (χ4v) is 3.67. The molecule has 0 aliphatic carbocycles. The van der Waals surface area contributed by atoms with E-state index in [0.29, 0.717) is 0 Å². The quantitative estimate of drug-likeness (QED) is 0.781. The van der Waals surface area contributed by atoms with E-state index in [-0.39, 0.29) is 11.2 Å². The minimum atomic E-state index is -0.280. The monoisotopic (exact) mass is 327 g/mol. The number of anilines is 1. The van der Waals surface area contributed by atoms with E-state index >= 15 is 0 Å². The fourth-order valence-electron chi connectivity index (χ4n) is 3.67. The van der Waals surface area contributed by atoms with Gasteiger partial charge in [-0.3, -0.25) is 4.90 Å². The Morgan fingerprint density at radius 2 is 1.92 bits per heavy atom. The van der Waals surface area contributed by atoms with Crippen molar-refractivity contribution >= 4 is 5.82 Å². The Bertz CT molecular complexity index is 596. The smallest absolute Gasteiger partial charge is 0.128 e. The predicted molar refractivity (Wildman–Crippen MR) is 98.1 cm³/mol. The molecule has 3 rings (SSSR count). The van der Waals surface area contributed by atoms with Crippen molar-refractivity contribution in [1.29, 1.82) is 0 Å². The summed E-state index contributed by atoms with van der Waals surface area (Å²) in [5.74, 6) is 7.86. The Morgan fingerprint density at radius 1 is 1.12 bits per heavy atom. The summed E-state index contributed by atoms with van der Waals surface area (Å²) in [4.78, 5) is 9.20. The van der Waals surface area contributed by atoms with Crippen molar-refractivity contribution in [3.05, 3.63) is 24.4 Å². The molecular formula is C20H29N3O. The van der Waals surface area contributed by atoms with Crippen LogP contribution in [0.5, 0.6) is 0 Å². The summed E-state index contributed by atoms with van der Waals surface area (Å²) >= 11 is 0. The van der Waals surface area contributed by atoms with E-state index in [1.165, 1.54) is 6.42 Å². The van der Waals surface area contributed by atoms with Gasteiger partial charge in [0, 0.05) is 32.4 Å². The van der Waals surface area contributed by atoms with Crippen molar-refractivity contribution in [2.24, 2.45) is 0 Å². The average Bonchev–Trinajstić information content (AvgIpc) is 2.55. The summed E-state index contributed by atoms with van der Waals surface area (Å²) in [6.45, 7) is 11.4. The van der Waals surface area contributed by atoms with E-state index in [1.54, 1.807) is 0 Å². The van der Waals surface area contributed by atoms with E-state index in [9.17, 15) is 0 Å². The zero-order valence-electron chi connectivity index (χ0n) is 15.2. The van der Waals surface area contributed by atoms with E-state index < -0.39 is 0 Å². The van der Waals surface area contributed by atoms with Crippen molar-refractivity contribution in [1.82, 2.24) is 9.88 Å². The molecule has 2 aliphatic rings. The highest BCUT2D eigenvalue weighted by atomic mass is 16.5. The lowest BCUT2D eigenvalue weighted by molar-refractivity contribution is -0.135. The molecule has 2 aliphatic heterocycles. The van der Waals surface area contributed by atoms with E-state index in [4.69, 9.17) is 4.74 Å². The van der Waals surface area contributed by atoms with Gasteiger partial charge in [-0.2, -0.15) is 0 Å². The van der Waals surface area contributed by atoms with Gasteiger partial charge >= 0.3 is 0 Å². The molecule has 130 valence electrons. The summed E-state index contributed by atoms with van der Waals surface area (Å²) in [5.41, 5.74) is -0.326. The predicted octanol–water partition coefficient (Wildman–Crippen LogP) is 2.94. The van der Waals surface area contributed by atoms with E-state index in [1.807, 2.05) is 18.3 Å². The first-order valence-electron chi connectivity index (χ1n) is 9.04. The van der Waals surface area contributed by atoms with Crippen molar-refractivity contribution in [2.75, 3.05) is 37.6 Å². The van der Waals surface area contributed by atoms with Gasteiger partial charge in [0.1, 0.15) is 11.4 Å². The first-order chi connectivity index (χ1) is 11.5. The zero-order valence-corrected chi connectivity index (χ0v) is 15.2. The van der Waals surface area contributed by atoms with Crippen LogP contribution in [0.1, 0.15) is 40.0 Å². The lowest BCUT2D eigenvalue weighted by atomic mass is 9.88. The third-order valence-electron chi connectivity index (χ3n) is 4.94. The molecule has 4 heteroatoms. The number of ether oxygens (including phenoxy) is 1. The molecule has 24 heavy (non-hydrogen) atoms. The van der Waals surface area contributed by atoms with Crippen molar-refractivity contribution in [3.8, 4) is 11.8 Å². The van der Waals surface area contributed by atoms with Gasteiger partial charge in [0.15, 0.2) is 0 Å². The normalized spacial score (nSPS) is 27.4. The number of rotatable bonds is 2. The second-order valence-electron chi connectivity index (χ2n) is 7.70. The molecule has 2 saturated heterocycles. The molecule has 0 radical (unpaired) electrons. The first-order valence-corrected chi connectivity index (χ1v) is 9.04. The number of hydrogen-bond donors (Lipinski definition) is 0. The van der Waals surface area contributed by atoms with Gasteiger partial charge in [-0.25, -0.2) is 4.98 Å². The lowest BCUT2D eigenvalue weighted by Crippen LogP contribution is -2.47. The van der Waals surface area contributed by atoms with Crippen LogP contribution in [0.25, 0.3) is 0 Å². The minimum Gasteiger partial charge on any atom is -0.357 e. The van der Waals surface area contributed by atoms with Gasteiger partial charge in [0.2, 0.25) is 0 Å². The molecule has 3 heterocycles. The van der Waals surface area contributed by atoms with Crippen LogP contribution in [0.2, 0.25) is 0 Å². The summed E-state index contributed by atoms with van der Waals surface area (Å²) in [6.07, 6.45) is 5.22. The summed E-state index contributed by atoms with van der Waals surface area (Å²) in [6, 6.07) is 6.09. The third kappa shape index (κ3) is 4.49. The molecule has 1 aromatic heterocycles. The molecule has 0 aromatic carbocycles. The molecule has 1 atom stereocenters. The van der Waals surface area contributed by atoms with Gasteiger partial charge in [0.05, 0.1) is 12.1 Å². The second-order valence-corrected chi connectivity index (χ2v) is 7.70. The van der Waals surface area contributed by atoms with Crippen LogP contribution >= 0.6 is 0 Å². The Kier molecular flexibility index (Phi) is 5.12. The maximum Gasteiger partial charge on any atom is 0.128 e. The van der Waals surface area contributed by atoms with Crippen LogP contribution < -0.4 is 4.90 Å². The number of piperazine rings is 1. The van der Waals surface area contributed by atoms with Crippen LogP contribution in [0.4, 0.5) is 5.82 Å². The molecule has 0 bridgehead atoms. The Labute approximate surface area is 146 Å². The minimum absolute atomic E-state index is 0.0456. The second kappa shape index (κ2) is 7.13. The zero-order chi connectivity index (χ0) is 17.0. The molecule has 0 saturated carbocycles.